The summed E-state index contributed by atoms with van der Waals surface area (Å²) in [5.74, 6) is -0.831. The minimum absolute atomic E-state index is 0.000835. The Morgan fingerprint density at radius 2 is 1.62 bits per heavy atom. The molecule has 0 saturated heterocycles. The second kappa shape index (κ2) is 14.5. The Morgan fingerprint density at radius 3 is 2.25 bits per heavy atom. The molecule has 0 unspecified atom stereocenters. The van der Waals surface area contributed by atoms with Crippen molar-refractivity contribution in [2.45, 2.75) is 57.5 Å². The Morgan fingerprint density at radius 1 is 0.950 bits per heavy atom. The van der Waals surface area contributed by atoms with Crippen LogP contribution in [0.15, 0.2) is 77.7 Å². The number of halogens is 2. The van der Waals surface area contributed by atoms with Crippen LogP contribution in [0.25, 0.3) is 0 Å². The first-order chi connectivity index (χ1) is 19.1. The topological polar surface area (TPSA) is 86.8 Å². The van der Waals surface area contributed by atoms with Crippen molar-refractivity contribution in [1.29, 1.82) is 0 Å². The monoisotopic (exact) mass is 603 g/mol. The molecule has 0 fully saturated rings. The van der Waals surface area contributed by atoms with Crippen LogP contribution in [0.4, 0.5) is 5.69 Å². The first kappa shape index (κ1) is 31.5. The van der Waals surface area contributed by atoms with Crippen LogP contribution in [-0.4, -0.2) is 44.3 Å². The number of hydrogen-bond acceptors (Lipinski definition) is 4. The van der Waals surface area contributed by atoms with Gasteiger partial charge >= 0.3 is 0 Å². The summed E-state index contributed by atoms with van der Waals surface area (Å²) < 4.78 is 28.9. The van der Waals surface area contributed by atoms with Crippen LogP contribution in [0, 0.1) is 6.92 Å². The van der Waals surface area contributed by atoms with Crippen LogP contribution < -0.4 is 9.62 Å². The Bertz CT molecular complexity index is 1400. The number of amides is 2. The zero-order valence-electron chi connectivity index (χ0n) is 22.9. The molecule has 3 aromatic rings. The van der Waals surface area contributed by atoms with Crippen molar-refractivity contribution in [1.82, 2.24) is 10.2 Å². The highest BCUT2D eigenvalue weighted by atomic mass is 35.5. The molecule has 40 heavy (non-hydrogen) atoms. The zero-order chi connectivity index (χ0) is 29.3. The van der Waals surface area contributed by atoms with Gasteiger partial charge in [-0.3, -0.25) is 13.9 Å². The number of anilines is 1. The summed E-state index contributed by atoms with van der Waals surface area (Å²) in [5, 5.41) is 3.30. The smallest absolute Gasteiger partial charge is 0.264 e. The number of nitrogens with zero attached hydrogens (tertiary/aromatic N) is 2. The van der Waals surface area contributed by atoms with Gasteiger partial charge in [0.25, 0.3) is 10.0 Å². The summed E-state index contributed by atoms with van der Waals surface area (Å²) in [5.41, 5.74) is 1.77. The Hall–Kier alpha value is -3.07. The standard InChI is InChI=1S/C30H35Cl2N3O4S/c1-4-6-18-33-30(37)27(5-2)34(20-23-10-8-7-9-11-23)29(36)21-35(28-19-24(31)14-17-26(28)32)40(38,39)25-15-12-22(3)13-16-25/h7-17,19,27H,4-6,18,20-21H2,1-3H3,(H,33,37)/t27-/m0/s1. The predicted octanol–water partition coefficient (Wildman–Crippen LogP) is 6.22. The molecule has 3 rings (SSSR count). The maximum atomic E-state index is 14.1. The fraction of sp³-hybridized carbons (Fsp3) is 0.333. The normalized spacial score (nSPS) is 12.0. The number of unbranched alkanes of at least 4 members (excludes halogenated alkanes) is 1. The van der Waals surface area contributed by atoms with Crippen molar-refractivity contribution in [3.05, 3.63) is 94.0 Å². The fourth-order valence-corrected chi connectivity index (χ4v) is 6.09. The molecular weight excluding hydrogens is 569 g/mol. The number of aryl methyl sites for hydroxylation is 1. The second-order valence-corrected chi connectivity index (χ2v) is 12.2. The van der Waals surface area contributed by atoms with E-state index in [1.807, 2.05) is 51.1 Å². The quantitative estimate of drug-likeness (QED) is 0.235. The van der Waals surface area contributed by atoms with E-state index in [1.165, 1.54) is 29.2 Å². The van der Waals surface area contributed by atoms with Gasteiger partial charge in [0.2, 0.25) is 11.8 Å². The van der Waals surface area contributed by atoms with E-state index < -0.39 is 28.5 Å². The van der Waals surface area contributed by atoms with E-state index in [1.54, 1.807) is 18.2 Å². The van der Waals surface area contributed by atoms with Crippen LogP contribution >= 0.6 is 23.2 Å². The van der Waals surface area contributed by atoms with Crippen molar-refractivity contribution < 1.29 is 18.0 Å². The van der Waals surface area contributed by atoms with E-state index in [-0.39, 0.29) is 33.1 Å². The third-order valence-corrected chi connectivity index (χ3v) is 8.80. The first-order valence-electron chi connectivity index (χ1n) is 13.2. The summed E-state index contributed by atoms with van der Waals surface area (Å²) >= 11 is 12.7. The summed E-state index contributed by atoms with van der Waals surface area (Å²) in [6, 6.07) is 19.2. The second-order valence-electron chi connectivity index (χ2n) is 9.50. The molecule has 0 radical (unpaired) electrons. The van der Waals surface area contributed by atoms with Crippen LogP contribution in [0.2, 0.25) is 10.0 Å². The summed E-state index contributed by atoms with van der Waals surface area (Å²) in [6.45, 7) is 5.74. The molecule has 1 N–H and O–H groups in total. The average molecular weight is 605 g/mol. The van der Waals surface area contributed by atoms with Gasteiger partial charge in [-0.2, -0.15) is 0 Å². The molecule has 3 aromatic carbocycles. The minimum atomic E-state index is -4.24. The van der Waals surface area contributed by atoms with Gasteiger partial charge in [0.1, 0.15) is 12.6 Å². The average Bonchev–Trinajstić information content (AvgIpc) is 2.93. The van der Waals surface area contributed by atoms with Gasteiger partial charge in [0, 0.05) is 18.1 Å². The van der Waals surface area contributed by atoms with Crippen molar-refractivity contribution >= 4 is 50.7 Å². The van der Waals surface area contributed by atoms with Gasteiger partial charge in [0.05, 0.1) is 15.6 Å². The summed E-state index contributed by atoms with van der Waals surface area (Å²) in [7, 11) is -4.24. The summed E-state index contributed by atoms with van der Waals surface area (Å²) in [6.07, 6.45) is 2.07. The molecule has 1 atom stereocenters. The molecule has 0 saturated carbocycles. The molecule has 0 spiro atoms. The third-order valence-electron chi connectivity index (χ3n) is 6.48. The van der Waals surface area contributed by atoms with E-state index in [9.17, 15) is 18.0 Å². The molecule has 0 aromatic heterocycles. The van der Waals surface area contributed by atoms with Gasteiger partial charge in [-0.15, -0.1) is 0 Å². The Labute approximate surface area is 247 Å². The minimum Gasteiger partial charge on any atom is -0.354 e. The highest BCUT2D eigenvalue weighted by Crippen LogP contribution is 2.33. The largest absolute Gasteiger partial charge is 0.354 e. The lowest BCUT2D eigenvalue weighted by Crippen LogP contribution is -2.52. The van der Waals surface area contributed by atoms with Gasteiger partial charge in [-0.1, -0.05) is 91.5 Å². The molecular formula is C30H35Cl2N3O4S. The molecule has 0 aliphatic heterocycles. The zero-order valence-corrected chi connectivity index (χ0v) is 25.3. The third kappa shape index (κ3) is 7.99. The molecule has 214 valence electrons. The lowest BCUT2D eigenvalue weighted by molar-refractivity contribution is -0.140. The van der Waals surface area contributed by atoms with E-state index >= 15 is 0 Å². The molecule has 10 heteroatoms. The number of nitrogens with one attached hydrogen (secondary N) is 1. The first-order valence-corrected chi connectivity index (χ1v) is 15.4. The maximum absolute atomic E-state index is 14.1. The highest BCUT2D eigenvalue weighted by molar-refractivity contribution is 7.92. The van der Waals surface area contributed by atoms with Crippen molar-refractivity contribution in [3.8, 4) is 0 Å². The number of hydrogen-bond donors (Lipinski definition) is 1. The highest BCUT2D eigenvalue weighted by Gasteiger charge is 2.34. The van der Waals surface area contributed by atoms with E-state index in [0.717, 1.165) is 28.3 Å². The lowest BCUT2D eigenvalue weighted by atomic mass is 10.1. The van der Waals surface area contributed by atoms with E-state index in [2.05, 4.69) is 5.32 Å². The number of sulfonamides is 1. The number of rotatable bonds is 13. The SMILES string of the molecule is CCCCNC(=O)[C@H](CC)N(Cc1ccccc1)C(=O)CN(c1cc(Cl)ccc1Cl)S(=O)(=O)c1ccc(C)cc1. The van der Waals surface area contributed by atoms with E-state index in [4.69, 9.17) is 23.2 Å². The van der Waals surface area contributed by atoms with Crippen LogP contribution in [0.5, 0.6) is 0 Å². The molecule has 0 heterocycles. The lowest BCUT2D eigenvalue weighted by Gasteiger charge is -2.33. The van der Waals surface area contributed by atoms with Crippen LogP contribution in [0.1, 0.15) is 44.2 Å². The number of carbonyl (C=O) groups is 2. The summed E-state index contributed by atoms with van der Waals surface area (Å²) in [4.78, 5) is 28.7. The van der Waals surface area contributed by atoms with Crippen LogP contribution in [-0.2, 0) is 26.2 Å². The van der Waals surface area contributed by atoms with E-state index in [0.29, 0.717) is 13.0 Å². The molecule has 0 bridgehead atoms. The fourth-order valence-electron chi connectivity index (χ4n) is 4.23. The maximum Gasteiger partial charge on any atom is 0.264 e. The Balaban J connectivity index is 2.06. The van der Waals surface area contributed by atoms with Gasteiger partial charge in [0.15, 0.2) is 0 Å². The van der Waals surface area contributed by atoms with Crippen molar-refractivity contribution in [2.24, 2.45) is 0 Å². The van der Waals surface area contributed by atoms with Crippen LogP contribution in [0.3, 0.4) is 0 Å². The Kier molecular flexibility index (Phi) is 11.4. The number of carbonyl (C=O) groups excluding carboxylic acids is 2. The van der Waals surface area contributed by atoms with Crippen molar-refractivity contribution in [2.75, 3.05) is 17.4 Å². The molecule has 7 nitrogen and oxygen atoms in total. The molecule has 0 aliphatic carbocycles. The van der Waals surface area contributed by atoms with Gasteiger partial charge in [-0.05, 0) is 55.7 Å². The molecule has 0 aliphatic rings. The number of benzene rings is 3. The predicted molar refractivity (Wildman–Crippen MR) is 161 cm³/mol. The molecule has 2 amide bonds. The van der Waals surface area contributed by atoms with Crippen molar-refractivity contribution in [3.63, 3.8) is 0 Å². The van der Waals surface area contributed by atoms with Gasteiger partial charge < -0.3 is 10.2 Å². The van der Waals surface area contributed by atoms with Gasteiger partial charge in [-0.25, -0.2) is 8.42 Å².